The van der Waals surface area contributed by atoms with Crippen molar-refractivity contribution in [1.29, 1.82) is 0 Å². The Morgan fingerprint density at radius 1 is 1.21 bits per heavy atom. The Bertz CT molecular complexity index is 867. The van der Waals surface area contributed by atoms with Gasteiger partial charge in [0.05, 0.1) is 22.7 Å². The SMILES string of the molecule is COc1cccc(/C=C2\SC(=S)N(c3ccc(Cl)cc3Cl)C2=O)c1. The van der Waals surface area contributed by atoms with Crippen molar-refractivity contribution in [2.45, 2.75) is 0 Å². The van der Waals surface area contributed by atoms with E-state index in [0.29, 0.717) is 25.0 Å². The van der Waals surface area contributed by atoms with Gasteiger partial charge < -0.3 is 4.74 Å². The van der Waals surface area contributed by atoms with E-state index < -0.39 is 0 Å². The van der Waals surface area contributed by atoms with Crippen molar-refractivity contribution in [2.24, 2.45) is 0 Å². The van der Waals surface area contributed by atoms with Crippen LogP contribution in [0.2, 0.25) is 10.0 Å². The van der Waals surface area contributed by atoms with E-state index in [4.69, 9.17) is 40.2 Å². The molecule has 0 unspecified atom stereocenters. The van der Waals surface area contributed by atoms with Crippen LogP contribution in [0.4, 0.5) is 5.69 Å². The van der Waals surface area contributed by atoms with Gasteiger partial charge in [0, 0.05) is 5.02 Å². The molecule has 3 nitrogen and oxygen atoms in total. The Kier molecular flexibility index (Phi) is 5.15. The lowest BCUT2D eigenvalue weighted by molar-refractivity contribution is -0.113. The summed E-state index contributed by atoms with van der Waals surface area (Å²) in [5.74, 6) is 0.511. The minimum atomic E-state index is -0.211. The average molecular weight is 396 g/mol. The van der Waals surface area contributed by atoms with Crippen LogP contribution in [0.5, 0.6) is 5.75 Å². The topological polar surface area (TPSA) is 29.5 Å². The molecule has 0 bridgehead atoms. The number of nitrogens with zero attached hydrogens (tertiary/aromatic N) is 1. The van der Waals surface area contributed by atoms with Crippen molar-refractivity contribution in [3.63, 3.8) is 0 Å². The van der Waals surface area contributed by atoms with Crippen LogP contribution in [-0.4, -0.2) is 17.3 Å². The number of anilines is 1. The lowest BCUT2D eigenvalue weighted by Crippen LogP contribution is -2.27. The monoisotopic (exact) mass is 395 g/mol. The van der Waals surface area contributed by atoms with E-state index in [1.54, 1.807) is 31.4 Å². The quantitative estimate of drug-likeness (QED) is 0.513. The molecule has 2 aromatic rings. The fourth-order valence-corrected chi connectivity index (χ4v) is 4.00. The number of amides is 1. The Morgan fingerprint density at radius 2 is 2.00 bits per heavy atom. The molecule has 2 aromatic carbocycles. The Hall–Kier alpha value is -1.53. The van der Waals surface area contributed by atoms with Gasteiger partial charge in [-0.3, -0.25) is 9.69 Å². The smallest absolute Gasteiger partial charge is 0.270 e. The largest absolute Gasteiger partial charge is 0.497 e. The van der Waals surface area contributed by atoms with E-state index in [-0.39, 0.29) is 5.91 Å². The third-order valence-corrected chi connectivity index (χ3v) is 5.18. The van der Waals surface area contributed by atoms with Gasteiger partial charge in [-0.2, -0.15) is 0 Å². The predicted octanol–water partition coefficient (Wildman–Crippen LogP) is 5.41. The maximum absolute atomic E-state index is 12.7. The van der Waals surface area contributed by atoms with Gasteiger partial charge >= 0.3 is 0 Å². The highest BCUT2D eigenvalue weighted by atomic mass is 35.5. The van der Waals surface area contributed by atoms with Crippen LogP contribution in [0.15, 0.2) is 47.4 Å². The summed E-state index contributed by atoms with van der Waals surface area (Å²) < 4.78 is 5.63. The maximum Gasteiger partial charge on any atom is 0.270 e. The molecule has 3 rings (SSSR count). The second-order valence-electron chi connectivity index (χ2n) is 4.89. The normalized spacial score (nSPS) is 16.1. The van der Waals surface area contributed by atoms with Crippen LogP contribution < -0.4 is 9.64 Å². The summed E-state index contributed by atoms with van der Waals surface area (Å²) in [4.78, 5) is 14.7. The molecule has 0 aliphatic carbocycles. The number of methoxy groups -OCH3 is 1. The Labute approximate surface area is 159 Å². The number of carbonyl (C=O) groups excluding carboxylic acids is 1. The van der Waals surface area contributed by atoms with Gasteiger partial charge in [0.1, 0.15) is 5.75 Å². The molecule has 1 amide bonds. The second-order valence-corrected chi connectivity index (χ2v) is 7.41. The Balaban J connectivity index is 1.95. The number of ether oxygens (including phenoxy) is 1. The first kappa shape index (κ1) is 17.3. The molecule has 0 spiro atoms. The molecule has 0 N–H and O–H groups in total. The molecule has 0 saturated carbocycles. The van der Waals surface area contributed by atoms with E-state index in [0.717, 1.165) is 11.3 Å². The van der Waals surface area contributed by atoms with E-state index >= 15 is 0 Å². The highest BCUT2D eigenvalue weighted by molar-refractivity contribution is 8.27. The molecule has 1 saturated heterocycles. The molecular formula is C17H11Cl2NO2S2. The lowest BCUT2D eigenvalue weighted by Gasteiger charge is -2.16. The summed E-state index contributed by atoms with van der Waals surface area (Å²) in [7, 11) is 1.60. The summed E-state index contributed by atoms with van der Waals surface area (Å²) in [6.45, 7) is 0. The molecular weight excluding hydrogens is 385 g/mol. The van der Waals surface area contributed by atoms with Gasteiger partial charge in [-0.15, -0.1) is 0 Å². The molecule has 24 heavy (non-hydrogen) atoms. The van der Waals surface area contributed by atoms with Crippen molar-refractivity contribution in [1.82, 2.24) is 0 Å². The number of benzene rings is 2. The summed E-state index contributed by atoms with van der Waals surface area (Å²) in [6, 6.07) is 12.4. The third-order valence-electron chi connectivity index (χ3n) is 3.34. The summed E-state index contributed by atoms with van der Waals surface area (Å²) in [5, 5.41) is 0.877. The number of carbonyl (C=O) groups is 1. The number of rotatable bonds is 3. The van der Waals surface area contributed by atoms with Crippen LogP contribution in [0, 0.1) is 0 Å². The zero-order valence-corrected chi connectivity index (χ0v) is 15.6. The number of thiocarbonyl (C=S) groups is 1. The van der Waals surface area contributed by atoms with Crippen LogP contribution in [0.3, 0.4) is 0 Å². The molecule has 1 heterocycles. The number of hydrogen-bond acceptors (Lipinski definition) is 4. The highest BCUT2D eigenvalue weighted by Crippen LogP contribution is 2.39. The van der Waals surface area contributed by atoms with Gasteiger partial charge in [0.2, 0.25) is 0 Å². The van der Waals surface area contributed by atoms with Crippen molar-refractivity contribution in [3.05, 3.63) is 63.0 Å². The van der Waals surface area contributed by atoms with Crippen molar-refractivity contribution < 1.29 is 9.53 Å². The lowest BCUT2D eigenvalue weighted by atomic mass is 10.2. The highest BCUT2D eigenvalue weighted by Gasteiger charge is 2.34. The molecule has 0 aromatic heterocycles. The van der Waals surface area contributed by atoms with Gasteiger partial charge in [-0.1, -0.05) is 59.3 Å². The third kappa shape index (κ3) is 3.44. The van der Waals surface area contributed by atoms with E-state index in [2.05, 4.69) is 0 Å². The molecule has 1 aliphatic rings. The molecule has 122 valence electrons. The van der Waals surface area contributed by atoms with Crippen molar-refractivity contribution >= 4 is 69.2 Å². The first-order valence-corrected chi connectivity index (χ1v) is 8.85. The predicted molar refractivity (Wildman–Crippen MR) is 105 cm³/mol. The molecule has 0 atom stereocenters. The maximum atomic E-state index is 12.7. The van der Waals surface area contributed by atoms with Gasteiger partial charge in [-0.05, 0) is 42.0 Å². The van der Waals surface area contributed by atoms with Crippen LogP contribution in [0.25, 0.3) is 6.08 Å². The van der Waals surface area contributed by atoms with Crippen LogP contribution in [0.1, 0.15) is 5.56 Å². The van der Waals surface area contributed by atoms with Gasteiger partial charge in [0.15, 0.2) is 4.32 Å². The zero-order valence-electron chi connectivity index (χ0n) is 12.5. The minimum absolute atomic E-state index is 0.211. The number of thioether (sulfide) groups is 1. The summed E-state index contributed by atoms with van der Waals surface area (Å²) >= 11 is 18.7. The summed E-state index contributed by atoms with van der Waals surface area (Å²) in [5.41, 5.74) is 1.38. The van der Waals surface area contributed by atoms with Gasteiger partial charge in [-0.25, -0.2) is 0 Å². The average Bonchev–Trinajstić information content (AvgIpc) is 2.82. The van der Waals surface area contributed by atoms with Crippen LogP contribution >= 0.6 is 47.2 Å². The molecule has 1 fully saturated rings. The standard InChI is InChI=1S/C17H11Cl2NO2S2/c1-22-12-4-2-3-10(7-12)8-15-16(21)20(17(23)24-15)14-6-5-11(18)9-13(14)19/h2-9H,1H3/b15-8-. The Morgan fingerprint density at radius 3 is 2.71 bits per heavy atom. The molecule has 0 radical (unpaired) electrons. The van der Waals surface area contributed by atoms with E-state index in [9.17, 15) is 4.79 Å². The van der Waals surface area contributed by atoms with Crippen molar-refractivity contribution in [2.75, 3.05) is 12.0 Å². The fraction of sp³-hybridized carbons (Fsp3) is 0.0588. The van der Waals surface area contributed by atoms with E-state index in [1.807, 2.05) is 24.3 Å². The van der Waals surface area contributed by atoms with E-state index in [1.165, 1.54) is 16.7 Å². The molecule has 7 heteroatoms. The van der Waals surface area contributed by atoms with Gasteiger partial charge in [0.25, 0.3) is 5.91 Å². The zero-order chi connectivity index (χ0) is 17.3. The first-order valence-electron chi connectivity index (χ1n) is 6.86. The molecule has 1 aliphatic heterocycles. The summed E-state index contributed by atoms with van der Waals surface area (Å²) in [6.07, 6.45) is 1.78. The number of halogens is 2. The van der Waals surface area contributed by atoms with Crippen LogP contribution in [-0.2, 0) is 4.79 Å². The fourth-order valence-electron chi connectivity index (χ4n) is 2.22. The minimum Gasteiger partial charge on any atom is -0.497 e. The van der Waals surface area contributed by atoms with Crippen molar-refractivity contribution in [3.8, 4) is 5.75 Å². The number of hydrogen-bond donors (Lipinski definition) is 0. The first-order chi connectivity index (χ1) is 11.5. The second kappa shape index (κ2) is 7.15.